The van der Waals surface area contributed by atoms with E-state index in [-0.39, 0.29) is 0 Å². The predicted octanol–water partition coefficient (Wildman–Crippen LogP) is 3.79. The lowest BCUT2D eigenvalue weighted by atomic mass is 9.82. The highest BCUT2D eigenvalue weighted by atomic mass is 15.1. The number of imidazole rings is 1. The summed E-state index contributed by atoms with van der Waals surface area (Å²) in [7, 11) is 0. The summed E-state index contributed by atoms with van der Waals surface area (Å²) < 4.78 is 2.59. The Balaban J connectivity index is 1.97. The second-order valence-electron chi connectivity index (χ2n) is 6.93. The molecule has 0 fully saturated rings. The zero-order chi connectivity index (χ0) is 12.9. The van der Waals surface area contributed by atoms with Crippen LogP contribution in [0.2, 0.25) is 0 Å². The van der Waals surface area contributed by atoms with Crippen LogP contribution < -0.4 is 0 Å². The van der Waals surface area contributed by atoms with Crippen molar-refractivity contribution < 1.29 is 0 Å². The van der Waals surface area contributed by atoms with E-state index in [1.807, 2.05) is 0 Å². The fourth-order valence-electron chi connectivity index (χ4n) is 3.97. The summed E-state index contributed by atoms with van der Waals surface area (Å²) in [6.07, 6.45) is 6.31. The van der Waals surface area contributed by atoms with Gasteiger partial charge in [0.25, 0.3) is 0 Å². The minimum Gasteiger partial charge on any atom is -0.329 e. The molecule has 2 heteroatoms. The van der Waals surface area contributed by atoms with E-state index in [1.54, 1.807) is 5.69 Å². The second kappa shape index (κ2) is 4.40. The number of fused-ring (bicyclic) bond motifs is 3. The molecule has 2 aliphatic rings. The highest BCUT2D eigenvalue weighted by Crippen LogP contribution is 2.36. The maximum Gasteiger partial charge on any atom is 0.109 e. The van der Waals surface area contributed by atoms with Gasteiger partial charge in [-0.2, -0.15) is 0 Å². The molecule has 0 radical (unpaired) electrons. The van der Waals surface area contributed by atoms with Crippen molar-refractivity contribution in [2.75, 3.05) is 0 Å². The van der Waals surface area contributed by atoms with Gasteiger partial charge in [0, 0.05) is 18.2 Å². The molecule has 0 saturated carbocycles. The zero-order valence-electron chi connectivity index (χ0n) is 12.2. The van der Waals surface area contributed by atoms with Gasteiger partial charge in [-0.25, -0.2) is 4.98 Å². The van der Waals surface area contributed by atoms with Gasteiger partial charge in [0.15, 0.2) is 0 Å². The van der Waals surface area contributed by atoms with E-state index in [9.17, 15) is 0 Å². The lowest BCUT2D eigenvalue weighted by molar-refractivity contribution is 0.306. The van der Waals surface area contributed by atoms with Crippen LogP contribution in [0.4, 0.5) is 0 Å². The normalized spacial score (nSPS) is 31.3. The largest absolute Gasteiger partial charge is 0.329 e. The maximum absolute atomic E-state index is 4.95. The first kappa shape index (κ1) is 12.3. The van der Waals surface area contributed by atoms with Gasteiger partial charge in [0.1, 0.15) is 5.82 Å². The molecule has 3 unspecified atom stereocenters. The molecule has 2 heterocycles. The summed E-state index contributed by atoms with van der Waals surface area (Å²) in [5.41, 5.74) is 3.00. The van der Waals surface area contributed by atoms with Gasteiger partial charge in [0.2, 0.25) is 0 Å². The van der Waals surface area contributed by atoms with Crippen LogP contribution in [0.25, 0.3) is 0 Å². The van der Waals surface area contributed by atoms with Gasteiger partial charge in [0.05, 0.1) is 5.69 Å². The van der Waals surface area contributed by atoms with E-state index in [1.165, 1.54) is 43.6 Å². The summed E-state index contributed by atoms with van der Waals surface area (Å²) in [5.74, 6) is 3.85. The number of rotatable bonds is 1. The van der Waals surface area contributed by atoms with Crippen molar-refractivity contribution >= 4 is 0 Å². The van der Waals surface area contributed by atoms with Gasteiger partial charge in [-0.3, -0.25) is 0 Å². The molecule has 2 nitrogen and oxygen atoms in total. The average molecular weight is 246 g/mol. The molecule has 0 amide bonds. The Kier molecular flexibility index (Phi) is 2.99. The van der Waals surface area contributed by atoms with E-state index in [0.29, 0.717) is 6.04 Å². The highest BCUT2D eigenvalue weighted by Gasteiger charge is 2.31. The Labute approximate surface area is 111 Å². The lowest BCUT2D eigenvalue weighted by Crippen LogP contribution is -2.26. The smallest absolute Gasteiger partial charge is 0.109 e. The summed E-state index contributed by atoms with van der Waals surface area (Å²) in [5, 5.41) is 0. The fraction of sp³-hybridized carbons (Fsp3) is 0.812. The van der Waals surface area contributed by atoms with Crippen LogP contribution in [-0.2, 0) is 19.3 Å². The van der Waals surface area contributed by atoms with E-state index in [4.69, 9.17) is 4.98 Å². The summed E-state index contributed by atoms with van der Waals surface area (Å²) >= 11 is 0. The molecule has 0 N–H and O–H groups in total. The first-order chi connectivity index (χ1) is 8.56. The second-order valence-corrected chi connectivity index (χ2v) is 6.93. The summed E-state index contributed by atoms with van der Waals surface area (Å²) in [6.45, 7) is 9.48. The van der Waals surface area contributed by atoms with Crippen LogP contribution in [0.5, 0.6) is 0 Å². The lowest BCUT2D eigenvalue weighted by Gasteiger charge is -2.31. The molecule has 1 aliphatic carbocycles. The van der Waals surface area contributed by atoms with Crippen molar-refractivity contribution in [3.05, 3.63) is 17.2 Å². The molecule has 3 rings (SSSR count). The summed E-state index contributed by atoms with van der Waals surface area (Å²) in [4.78, 5) is 4.95. The topological polar surface area (TPSA) is 17.8 Å². The molecule has 3 atom stereocenters. The zero-order valence-corrected chi connectivity index (χ0v) is 12.2. The Morgan fingerprint density at radius 1 is 1.22 bits per heavy atom. The molecule has 1 aromatic rings. The van der Waals surface area contributed by atoms with Gasteiger partial charge in [-0.05, 0) is 50.4 Å². The van der Waals surface area contributed by atoms with E-state index >= 15 is 0 Å². The number of aryl methyl sites for hydroxylation is 1. The van der Waals surface area contributed by atoms with Crippen molar-refractivity contribution in [2.24, 2.45) is 17.8 Å². The third-order valence-corrected chi connectivity index (χ3v) is 5.03. The third kappa shape index (κ3) is 1.90. The van der Waals surface area contributed by atoms with Crippen LogP contribution in [-0.4, -0.2) is 9.55 Å². The number of hydrogen-bond donors (Lipinski definition) is 0. The van der Waals surface area contributed by atoms with Gasteiger partial charge in [-0.1, -0.05) is 20.8 Å². The number of aromatic nitrogens is 2. The Hall–Kier alpha value is -0.790. The van der Waals surface area contributed by atoms with Crippen LogP contribution in [0.1, 0.15) is 63.8 Å². The maximum atomic E-state index is 4.95. The van der Waals surface area contributed by atoms with Crippen molar-refractivity contribution in [1.29, 1.82) is 0 Å². The first-order valence-electron chi connectivity index (χ1n) is 7.65. The van der Waals surface area contributed by atoms with Gasteiger partial charge in [-0.15, -0.1) is 0 Å². The van der Waals surface area contributed by atoms with Crippen LogP contribution in [0.15, 0.2) is 0 Å². The van der Waals surface area contributed by atoms with Crippen molar-refractivity contribution in [3.8, 4) is 0 Å². The molecule has 18 heavy (non-hydrogen) atoms. The summed E-state index contributed by atoms with van der Waals surface area (Å²) in [6, 6.07) is 0.658. The van der Waals surface area contributed by atoms with Gasteiger partial charge < -0.3 is 4.57 Å². The van der Waals surface area contributed by atoms with E-state index in [2.05, 4.69) is 32.3 Å². The average Bonchev–Trinajstić information content (AvgIpc) is 2.65. The minimum absolute atomic E-state index is 0.658. The standard InChI is InChI=1S/C16H26N2/c1-10(2)13-5-6-14-15(9-13)18-12(4)7-11(3)8-16(18)17-14/h10-13H,5-9H2,1-4H3. The Morgan fingerprint density at radius 3 is 2.72 bits per heavy atom. The molecule has 0 bridgehead atoms. The molecular weight excluding hydrogens is 220 g/mol. The molecule has 100 valence electrons. The van der Waals surface area contributed by atoms with E-state index in [0.717, 1.165) is 17.8 Å². The van der Waals surface area contributed by atoms with Crippen molar-refractivity contribution in [1.82, 2.24) is 9.55 Å². The van der Waals surface area contributed by atoms with Crippen LogP contribution >= 0.6 is 0 Å². The number of nitrogens with zero attached hydrogens (tertiary/aromatic N) is 2. The van der Waals surface area contributed by atoms with Crippen LogP contribution in [0.3, 0.4) is 0 Å². The minimum atomic E-state index is 0.658. The molecule has 0 aromatic carbocycles. The molecule has 0 spiro atoms. The quantitative estimate of drug-likeness (QED) is 0.737. The Morgan fingerprint density at radius 2 is 2.00 bits per heavy atom. The highest BCUT2D eigenvalue weighted by molar-refractivity contribution is 5.23. The first-order valence-corrected chi connectivity index (χ1v) is 7.65. The van der Waals surface area contributed by atoms with E-state index < -0.39 is 0 Å². The molecule has 1 aromatic heterocycles. The molecular formula is C16H26N2. The fourth-order valence-corrected chi connectivity index (χ4v) is 3.97. The monoisotopic (exact) mass is 246 g/mol. The van der Waals surface area contributed by atoms with Gasteiger partial charge >= 0.3 is 0 Å². The molecule has 0 saturated heterocycles. The SMILES string of the molecule is CC1Cc2nc3c(n2C(C)C1)CC(C(C)C)CC3. The number of hydrogen-bond acceptors (Lipinski definition) is 1. The van der Waals surface area contributed by atoms with Crippen molar-refractivity contribution in [2.45, 2.75) is 65.8 Å². The Bertz CT molecular complexity index is 444. The predicted molar refractivity (Wildman–Crippen MR) is 74.8 cm³/mol. The van der Waals surface area contributed by atoms with Crippen molar-refractivity contribution in [3.63, 3.8) is 0 Å². The van der Waals surface area contributed by atoms with Crippen LogP contribution in [0, 0.1) is 17.8 Å². The molecule has 1 aliphatic heterocycles. The third-order valence-electron chi connectivity index (χ3n) is 5.03.